The molecule has 102 valence electrons. The van der Waals surface area contributed by atoms with Crippen LogP contribution in [-0.4, -0.2) is 36.1 Å². The van der Waals surface area contributed by atoms with Gasteiger partial charge < -0.3 is 26.0 Å². The number of rotatable bonds is 6. The number of nitrogen functional groups attached to an aromatic ring is 1. The second-order valence-electron chi connectivity index (χ2n) is 3.45. The average Bonchev–Trinajstić information content (AvgIpc) is 2.30. The number of alkyl halides is 2. The van der Waals surface area contributed by atoms with Gasteiger partial charge in [-0.1, -0.05) is 0 Å². The fourth-order valence-corrected chi connectivity index (χ4v) is 1.25. The molecule has 0 aliphatic rings. The summed E-state index contributed by atoms with van der Waals surface area (Å²) in [6.07, 6.45) is 0. The van der Waals surface area contributed by atoms with Crippen molar-refractivity contribution in [2.45, 2.75) is 12.7 Å². The standard InChI is InChI=1S/C10H13F3N2O3/c11-6-1-7(14)8(15-5(3-16)4-17)2-9(6)18-10(12)13/h1-2,5,10,15-17H,3-4,14H2. The van der Waals surface area contributed by atoms with Crippen molar-refractivity contribution in [1.82, 2.24) is 0 Å². The maximum atomic E-state index is 13.2. The Kier molecular flexibility index (Phi) is 5.05. The van der Waals surface area contributed by atoms with Crippen LogP contribution in [0.2, 0.25) is 0 Å². The van der Waals surface area contributed by atoms with Gasteiger partial charge in [0.1, 0.15) is 0 Å². The molecule has 0 aromatic heterocycles. The maximum Gasteiger partial charge on any atom is 0.387 e. The highest BCUT2D eigenvalue weighted by molar-refractivity contribution is 5.69. The number of aliphatic hydroxyl groups is 2. The van der Waals surface area contributed by atoms with E-state index in [9.17, 15) is 13.2 Å². The van der Waals surface area contributed by atoms with Crippen LogP contribution < -0.4 is 15.8 Å². The zero-order chi connectivity index (χ0) is 13.7. The first-order chi connectivity index (χ1) is 8.47. The summed E-state index contributed by atoms with van der Waals surface area (Å²) in [7, 11) is 0. The molecule has 0 spiro atoms. The molecule has 0 heterocycles. The number of benzene rings is 1. The van der Waals surface area contributed by atoms with E-state index in [4.69, 9.17) is 15.9 Å². The third-order valence-electron chi connectivity index (χ3n) is 2.12. The van der Waals surface area contributed by atoms with Crippen molar-refractivity contribution < 1.29 is 28.1 Å². The molecule has 8 heteroatoms. The Labute approximate surface area is 101 Å². The lowest BCUT2D eigenvalue weighted by Gasteiger charge is -2.17. The van der Waals surface area contributed by atoms with Crippen LogP contribution >= 0.6 is 0 Å². The first-order valence-electron chi connectivity index (χ1n) is 5.00. The van der Waals surface area contributed by atoms with Crippen molar-refractivity contribution in [1.29, 1.82) is 0 Å². The van der Waals surface area contributed by atoms with Crippen molar-refractivity contribution in [2.24, 2.45) is 0 Å². The van der Waals surface area contributed by atoms with Crippen LogP contribution in [-0.2, 0) is 0 Å². The number of ether oxygens (including phenoxy) is 1. The largest absolute Gasteiger partial charge is 0.432 e. The van der Waals surface area contributed by atoms with Gasteiger partial charge in [0.15, 0.2) is 11.6 Å². The number of hydrogen-bond acceptors (Lipinski definition) is 5. The molecule has 0 aliphatic heterocycles. The molecule has 0 saturated carbocycles. The Hall–Kier alpha value is -1.67. The predicted octanol–water partition coefficient (Wildman–Crippen LogP) is 0.774. The zero-order valence-electron chi connectivity index (χ0n) is 9.24. The van der Waals surface area contributed by atoms with E-state index in [1.165, 1.54) is 0 Å². The van der Waals surface area contributed by atoms with Crippen molar-refractivity contribution in [3.05, 3.63) is 17.9 Å². The minimum absolute atomic E-state index is 0.0546. The van der Waals surface area contributed by atoms with Gasteiger partial charge in [-0.2, -0.15) is 8.78 Å². The quantitative estimate of drug-likeness (QED) is 0.571. The molecule has 0 amide bonds. The van der Waals surface area contributed by atoms with Gasteiger partial charge in [0, 0.05) is 12.1 Å². The molecule has 1 rings (SSSR count). The first kappa shape index (κ1) is 14.4. The number of hydrogen-bond donors (Lipinski definition) is 4. The molecule has 0 radical (unpaired) electrons. The molecule has 18 heavy (non-hydrogen) atoms. The van der Waals surface area contributed by atoms with E-state index in [1.807, 2.05) is 0 Å². The topological polar surface area (TPSA) is 87.7 Å². The second-order valence-corrected chi connectivity index (χ2v) is 3.45. The third kappa shape index (κ3) is 3.67. The minimum atomic E-state index is -3.16. The van der Waals surface area contributed by atoms with Gasteiger partial charge in [0.25, 0.3) is 0 Å². The summed E-state index contributed by atoms with van der Waals surface area (Å²) in [6, 6.07) is 1.01. The Morgan fingerprint density at radius 3 is 2.39 bits per heavy atom. The fourth-order valence-electron chi connectivity index (χ4n) is 1.25. The summed E-state index contributed by atoms with van der Waals surface area (Å²) in [5.74, 6) is -1.70. The van der Waals surface area contributed by atoms with Crippen LogP contribution in [0.4, 0.5) is 24.5 Å². The summed E-state index contributed by atoms with van der Waals surface area (Å²) in [4.78, 5) is 0. The van der Waals surface area contributed by atoms with E-state index in [0.29, 0.717) is 0 Å². The number of anilines is 2. The van der Waals surface area contributed by atoms with Crippen molar-refractivity contribution in [3.63, 3.8) is 0 Å². The zero-order valence-corrected chi connectivity index (χ0v) is 9.24. The van der Waals surface area contributed by atoms with Crippen molar-refractivity contribution in [2.75, 3.05) is 24.3 Å². The molecule has 0 atom stereocenters. The Bertz CT molecular complexity index is 400. The van der Waals surface area contributed by atoms with Gasteiger partial charge >= 0.3 is 6.61 Å². The van der Waals surface area contributed by atoms with Crippen LogP contribution in [0, 0.1) is 5.82 Å². The molecule has 0 fully saturated rings. The Balaban J connectivity index is 2.97. The van der Waals surface area contributed by atoms with Gasteiger partial charge in [-0.05, 0) is 0 Å². The number of nitrogens with one attached hydrogen (secondary N) is 1. The molecular weight excluding hydrogens is 253 g/mol. The van der Waals surface area contributed by atoms with Gasteiger partial charge in [-0.3, -0.25) is 0 Å². The van der Waals surface area contributed by atoms with Crippen LogP contribution in [0.1, 0.15) is 0 Å². The lowest BCUT2D eigenvalue weighted by atomic mass is 10.2. The lowest BCUT2D eigenvalue weighted by Crippen LogP contribution is -2.28. The lowest BCUT2D eigenvalue weighted by molar-refractivity contribution is -0.0521. The fraction of sp³-hybridized carbons (Fsp3) is 0.400. The van der Waals surface area contributed by atoms with Gasteiger partial charge in [0.05, 0.1) is 30.6 Å². The van der Waals surface area contributed by atoms with Crippen LogP contribution in [0.5, 0.6) is 5.75 Å². The monoisotopic (exact) mass is 266 g/mol. The van der Waals surface area contributed by atoms with E-state index in [1.54, 1.807) is 0 Å². The average molecular weight is 266 g/mol. The molecule has 0 saturated heterocycles. The van der Waals surface area contributed by atoms with E-state index in [0.717, 1.165) is 12.1 Å². The normalized spacial score (nSPS) is 11.1. The summed E-state index contributed by atoms with van der Waals surface area (Å²) in [5, 5.41) is 20.3. The predicted molar refractivity (Wildman–Crippen MR) is 59.0 cm³/mol. The van der Waals surface area contributed by atoms with Crippen LogP contribution in [0.25, 0.3) is 0 Å². The Morgan fingerprint density at radius 2 is 1.89 bits per heavy atom. The highest BCUT2D eigenvalue weighted by atomic mass is 19.3. The third-order valence-corrected chi connectivity index (χ3v) is 2.12. The maximum absolute atomic E-state index is 13.2. The summed E-state index contributed by atoms with van der Waals surface area (Å²) >= 11 is 0. The summed E-state index contributed by atoms with van der Waals surface area (Å²) in [5.41, 5.74) is 5.50. The number of halogens is 3. The van der Waals surface area contributed by atoms with Gasteiger partial charge in [0.2, 0.25) is 0 Å². The van der Waals surface area contributed by atoms with Crippen LogP contribution in [0.15, 0.2) is 12.1 Å². The number of nitrogens with two attached hydrogens (primary N) is 1. The molecular formula is C10H13F3N2O3. The first-order valence-corrected chi connectivity index (χ1v) is 5.00. The highest BCUT2D eigenvalue weighted by Gasteiger charge is 2.15. The summed E-state index contributed by atoms with van der Waals surface area (Å²) < 4.78 is 41.2. The molecule has 0 aliphatic carbocycles. The van der Waals surface area contributed by atoms with E-state index in [-0.39, 0.29) is 11.4 Å². The molecule has 0 unspecified atom stereocenters. The number of aliphatic hydroxyl groups excluding tert-OH is 2. The van der Waals surface area contributed by atoms with Gasteiger partial charge in [-0.15, -0.1) is 0 Å². The molecule has 5 N–H and O–H groups in total. The van der Waals surface area contributed by atoms with Crippen LogP contribution in [0.3, 0.4) is 0 Å². The Morgan fingerprint density at radius 1 is 1.28 bits per heavy atom. The smallest absolute Gasteiger partial charge is 0.387 e. The van der Waals surface area contributed by atoms with E-state index in [2.05, 4.69) is 10.1 Å². The van der Waals surface area contributed by atoms with E-state index >= 15 is 0 Å². The summed E-state index contributed by atoms with van der Waals surface area (Å²) in [6.45, 7) is -3.97. The van der Waals surface area contributed by atoms with Gasteiger partial charge in [-0.25, -0.2) is 4.39 Å². The molecule has 1 aromatic carbocycles. The molecule has 0 bridgehead atoms. The van der Waals surface area contributed by atoms with E-state index < -0.39 is 37.4 Å². The molecule has 1 aromatic rings. The second kappa shape index (κ2) is 6.31. The van der Waals surface area contributed by atoms with Crippen molar-refractivity contribution in [3.8, 4) is 5.75 Å². The highest BCUT2D eigenvalue weighted by Crippen LogP contribution is 2.29. The molecule has 5 nitrogen and oxygen atoms in total. The van der Waals surface area contributed by atoms with Crippen molar-refractivity contribution >= 4 is 11.4 Å². The minimum Gasteiger partial charge on any atom is -0.432 e. The SMILES string of the molecule is Nc1cc(F)c(OC(F)F)cc1NC(CO)CO.